The smallest absolute Gasteiger partial charge is 0.271 e. The lowest BCUT2D eigenvalue weighted by Gasteiger charge is -2.30. The standard InChI is InChI=1S/C26H25N7O3S/c1-16-13-21(32-31-16)29-23(35)15-37-26-28-19-10-6-5-9-18(19)24-30-25(36)20(33(24)26)14-22(34)27-12-11-17-7-3-2-4-8-17/h2-10,13,20H,11-12,14-15H2,1H3,(H,27,34)(H2,29,31,32,35). The Morgan fingerprint density at radius 1 is 1.05 bits per heavy atom. The van der Waals surface area contributed by atoms with Crippen molar-refractivity contribution in [3.05, 3.63) is 77.5 Å². The number of hydrogen-bond acceptors (Lipinski definition) is 7. The summed E-state index contributed by atoms with van der Waals surface area (Å²) in [6, 6.07) is 18.1. The fourth-order valence-corrected chi connectivity index (χ4v) is 4.98. The Morgan fingerprint density at radius 3 is 2.62 bits per heavy atom. The third-order valence-corrected chi connectivity index (χ3v) is 6.82. The largest absolute Gasteiger partial charge is 0.356 e. The number of anilines is 1. The van der Waals surface area contributed by atoms with Gasteiger partial charge in [0.1, 0.15) is 11.9 Å². The number of thioether (sulfide) groups is 1. The lowest BCUT2D eigenvalue weighted by Crippen LogP contribution is -2.46. The molecule has 0 fully saturated rings. The maximum atomic E-state index is 12.9. The van der Waals surface area contributed by atoms with Crippen molar-refractivity contribution >= 4 is 52.0 Å². The van der Waals surface area contributed by atoms with E-state index in [1.54, 1.807) is 11.0 Å². The van der Waals surface area contributed by atoms with Crippen LogP contribution >= 0.6 is 11.8 Å². The predicted octanol–water partition coefficient (Wildman–Crippen LogP) is 2.80. The van der Waals surface area contributed by atoms with Gasteiger partial charge in [-0.3, -0.25) is 24.4 Å². The van der Waals surface area contributed by atoms with Gasteiger partial charge < -0.3 is 10.6 Å². The van der Waals surface area contributed by atoms with Gasteiger partial charge in [0.25, 0.3) is 5.91 Å². The van der Waals surface area contributed by atoms with Crippen molar-refractivity contribution < 1.29 is 14.4 Å². The number of nitrogens with zero attached hydrogens (tertiary/aromatic N) is 4. The second-order valence-electron chi connectivity index (χ2n) is 8.63. The molecule has 3 heterocycles. The monoisotopic (exact) mass is 515 g/mol. The number of aromatic nitrogens is 2. The number of hydrogen-bond donors (Lipinski definition) is 3. The molecule has 11 heteroatoms. The fourth-order valence-electron chi connectivity index (χ4n) is 4.13. The lowest BCUT2D eigenvalue weighted by atomic mass is 10.1. The van der Waals surface area contributed by atoms with Gasteiger partial charge in [0, 0.05) is 23.9 Å². The summed E-state index contributed by atoms with van der Waals surface area (Å²) in [6.45, 7) is 2.30. The van der Waals surface area contributed by atoms with E-state index in [1.807, 2.05) is 61.5 Å². The molecular weight excluding hydrogens is 490 g/mol. The predicted molar refractivity (Wildman–Crippen MR) is 143 cm³/mol. The Bertz CT molecular complexity index is 1400. The number of rotatable bonds is 8. The van der Waals surface area contributed by atoms with Gasteiger partial charge in [-0.05, 0) is 31.0 Å². The Hall–Kier alpha value is -4.25. The van der Waals surface area contributed by atoms with Gasteiger partial charge in [0.15, 0.2) is 11.0 Å². The highest BCUT2D eigenvalue weighted by molar-refractivity contribution is 8.14. The summed E-state index contributed by atoms with van der Waals surface area (Å²) in [5.41, 5.74) is 3.32. The zero-order chi connectivity index (χ0) is 25.8. The first-order chi connectivity index (χ1) is 18.0. The zero-order valence-corrected chi connectivity index (χ0v) is 20.9. The number of fused-ring (bicyclic) bond motifs is 3. The number of aliphatic imine (C=N–C) groups is 2. The van der Waals surface area contributed by atoms with Gasteiger partial charge >= 0.3 is 0 Å². The van der Waals surface area contributed by atoms with Crippen molar-refractivity contribution in [2.45, 2.75) is 25.8 Å². The minimum atomic E-state index is -0.830. The minimum absolute atomic E-state index is 0.0425. The van der Waals surface area contributed by atoms with Gasteiger partial charge in [-0.25, -0.2) is 4.99 Å². The van der Waals surface area contributed by atoms with Gasteiger partial charge in [0.2, 0.25) is 11.8 Å². The molecule has 2 aliphatic heterocycles. The summed E-state index contributed by atoms with van der Waals surface area (Å²) >= 11 is 1.18. The molecule has 3 amide bonds. The molecule has 5 rings (SSSR count). The molecule has 2 aromatic carbocycles. The number of amidine groups is 2. The van der Waals surface area contributed by atoms with E-state index in [4.69, 9.17) is 4.99 Å². The van der Waals surface area contributed by atoms with E-state index >= 15 is 0 Å². The summed E-state index contributed by atoms with van der Waals surface area (Å²) in [5.74, 6) is -0.000319. The van der Waals surface area contributed by atoms with Crippen LogP contribution in [0.3, 0.4) is 0 Å². The van der Waals surface area contributed by atoms with Crippen LogP contribution in [0.15, 0.2) is 70.6 Å². The Labute approximate surface area is 217 Å². The first-order valence-corrected chi connectivity index (χ1v) is 12.8. The second kappa shape index (κ2) is 10.8. The van der Waals surface area contributed by atoms with Crippen molar-refractivity contribution in [2.24, 2.45) is 9.98 Å². The Kier molecular flexibility index (Phi) is 7.13. The molecule has 3 N–H and O–H groups in total. The topological polar surface area (TPSA) is 132 Å². The van der Waals surface area contributed by atoms with Gasteiger partial charge in [-0.15, -0.1) is 0 Å². The third-order valence-electron chi connectivity index (χ3n) is 5.87. The van der Waals surface area contributed by atoms with E-state index in [0.717, 1.165) is 11.3 Å². The number of aryl methyl sites for hydroxylation is 1. The second-order valence-corrected chi connectivity index (χ2v) is 9.58. The number of nitrogens with one attached hydrogen (secondary N) is 3. The van der Waals surface area contributed by atoms with E-state index in [-0.39, 0.29) is 24.0 Å². The number of carbonyl (C=O) groups excluding carboxylic acids is 3. The van der Waals surface area contributed by atoms with Crippen LogP contribution in [0.5, 0.6) is 0 Å². The van der Waals surface area contributed by atoms with E-state index in [2.05, 4.69) is 25.8 Å². The molecule has 3 aromatic rings. The van der Waals surface area contributed by atoms with Gasteiger partial charge in [0.05, 0.1) is 17.9 Å². The Balaban J connectivity index is 1.28. The van der Waals surface area contributed by atoms with Crippen LogP contribution in [0, 0.1) is 6.92 Å². The van der Waals surface area contributed by atoms with Crippen LogP contribution in [0.25, 0.3) is 0 Å². The number of benzene rings is 2. The first kappa shape index (κ1) is 24.4. The van der Waals surface area contributed by atoms with Crippen LogP contribution in [-0.2, 0) is 20.8 Å². The molecule has 1 atom stereocenters. The number of H-pyrrole nitrogens is 1. The number of carbonyl (C=O) groups is 3. The summed E-state index contributed by atoms with van der Waals surface area (Å²) in [4.78, 5) is 48.9. The zero-order valence-electron chi connectivity index (χ0n) is 20.1. The molecule has 0 radical (unpaired) electrons. The fraction of sp³-hybridized carbons (Fsp3) is 0.231. The summed E-state index contributed by atoms with van der Waals surface area (Å²) in [7, 11) is 0. The molecule has 188 valence electrons. The van der Waals surface area contributed by atoms with Crippen LogP contribution in [0.4, 0.5) is 11.5 Å². The highest BCUT2D eigenvalue weighted by Gasteiger charge is 2.42. The summed E-state index contributed by atoms with van der Waals surface area (Å²) in [5, 5.41) is 12.9. The molecule has 37 heavy (non-hydrogen) atoms. The number of aromatic amines is 1. The van der Waals surface area contributed by atoms with Crippen LogP contribution in [0.1, 0.15) is 23.2 Å². The molecule has 0 saturated heterocycles. The van der Waals surface area contributed by atoms with E-state index in [0.29, 0.717) is 41.0 Å². The molecular formula is C26H25N7O3S. The summed E-state index contributed by atoms with van der Waals surface area (Å²) in [6.07, 6.45) is 0.623. The van der Waals surface area contributed by atoms with Crippen molar-refractivity contribution in [1.29, 1.82) is 0 Å². The van der Waals surface area contributed by atoms with Gasteiger partial charge in [-0.2, -0.15) is 10.1 Å². The quantitative estimate of drug-likeness (QED) is 0.423. The van der Waals surface area contributed by atoms with Crippen molar-refractivity contribution in [3.63, 3.8) is 0 Å². The van der Waals surface area contributed by atoms with Crippen molar-refractivity contribution in [3.8, 4) is 0 Å². The number of amides is 3. The average molecular weight is 516 g/mol. The molecule has 1 unspecified atom stereocenters. The van der Waals surface area contributed by atoms with Crippen LogP contribution in [0.2, 0.25) is 0 Å². The molecule has 0 saturated carbocycles. The van der Waals surface area contributed by atoms with Crippen molar-refractivity contribution in [2.75, 3.05) is 17.6 Å². The van der Waals surface area contributed by atoms with E-state index in [1.165, 1.54) is 11.8 Å². The lowest BCUT2D eigenvalue weighted by molar-refractivity contribution is -0.126. The van der Waals surface area contributed by atoms with Crippen LogP contribution < -0.4 is 10.6 Å². The minimum Gasteiger partial charge on any atom is -0.356 e. The number of para-hydroxylation sites is 1. The van der Waals surface area contributed by atoms with Gasteiger partial charge in [-0.1, -0.05) is 54.2 Å². The highest BCUT2D eigenvalue weighted by atomic mass is 32.2. The molecule has 0 aliphatic carbocycles. The molecule has 10 nitrogen and oxygen atoms in total. The summed E-state index contributed by atoms with van der Waals surface area (Å²) < 4.78 is 0. The van der Waals surface area contributed by atoms with Crippen molar-refractivity contribution in [1.82, 2.24) is 20.4 Å². The van der Waals surface area contributed by atoms with Crippen LogP contribution in [-0.4, -0.2) is 62.2 Å². The molecule has 0 bridgehead atoms. The SMILES string of the molecule is Cc1cc(NC(=O)CSC2=Nc3ccccc3C3=NC(=O)C(CC(=O)NCCc4ccccc4)N23)n[nH]1. The Morgan fingerprint density at radius 2 is 1.84 bits per heavy atom. The first-order valence-electron chi connectivity index (χ1n) is 11.8. The van der Waals surface area contributed by atoms with E-state index in [9.17, 15) is 14.4 Å². The maximum absolute atomic E-state index is 12.9. The normalized spacial score (nSPS) is 16.0. The van der Waals surface area contributed by atoms with E-state index < -0.39 is 11.9 Å². The molecule has 1 aromatic heterocycles. The molecule has 2 aliphatic rings. The molecule has 0 spiro atoms. The average Bonchev–Trinajstić information content (AvgIpc) is 3.45. The highest BCUT2D eigenvalue weighted by Crippen LogP contribution is 2.34. The third kappa shape index (κ3) is 5.61. The maximum Gasteiger partial charge on any atom is 0.271 e.